The Morgan fingerprint density at radius 1 is 1.15 bits per heavy atom. The average molecular weight is 443 g/mol. The number of aromatic nitrogens is 1. The molecular weight excluding hydrogens is 434 g/mol. The van der Waals surface area contributed by atoms with Crippen LogP contribution in [0.2, 0.25) is 15.1 Å². The molecular formula is C15H9Cl3F3N3O3. The molecule has 2 aromatic rings. The summed E-state index contributed by atoms with van der Waals surface area (Å²) in [5, 5.41) is 1.85. The maximum Gasteiger partial charge on any atom is 0.417 e. The summed E-state index contributed by atoms with van der Waals surface area (Å²) in [6.07, 6.45) is -4.13. The number of ether oxygens (including phenoxy) is 1. The Morgan fingerprint density at radius 2 is 1.81 bits per heavy atom. The monoisotopic (exact) mass is 441 g/mol. The Bertz CT molecular complexity index is 907. The SMILES string of the molecule is Nc1c(Cl)cc(Cl)cc1C(=O)OCC(=O)Nc1ncc(C(F)(F)F)cc1Cl. The first kappa shape index (κ1) is 21.1. The maximum atomic E-state index is 12.5. The van der Waals surface area contributed by atoms with Gasteiger partial charge in [0.2, 0.25) is 0 Å². The van der Waals surface area contributed by atoms with Crippen LogP contribution in [0.25, 0.3) is 0 Å². The molecule has 0 fully saturated rings. The van der Waals surface area contributed by atoms with Gasteiger partial charge in [-0.15, -0.1) is 0 Å². The van der Waals surface area contributed by atoms with Crippen LogP contribution in [0.15, 0.2) is 24.4 Å². The fraction of sp³-hybridized carbons (Fsp3) is 0.133. The van der Waals surface area contributed by atoms with E-state index in [0.717, 1.165) is 0 Å². The summed E-state index contributed by atoms with van der Waals surface area (Å²) < 4.78 is 42.4. The van der Waals surface area contributed by atoms with Crippen LogP contribution in [-0.2, 0) is 15.7 Å². The third kappa shape index (κ3) is 5.38. The number of pyridine rings is 1. The average Bonchev–Trinajstić information content (AvgIpc) is 2.56. The van der Waals surface area contributed by atoms with Crippen LogP contribution < -0.4 is 11.1 Å². The number of esters is 1. The molecule has 0 saturated heterocycles. The summed E-state index contributed by atoms with van der Waals surface area (Å²) in [6.45, 7) is -0.776. The molecule has 6 nitrogen and oxygen atoms in total. The van der Waals surface area contributed by atoms with Gasteiger partial charge in [0.15, 0.2) is 12.4 Å². The highest BCUT2D eigenvalue weighted by molar-refractivity contribution is 6.37. The van der Waals surface area contributed by atoms with Crippen molar-refractivity contribution in [1.82, 2.24) is 4.98 Å². The minimum atomic E-state index is -4.63. The second-order valence-corrected chi connectivity index (χ2v) is 6.28. The van der Waals surface area contributed by atoms with E-state index in [2.05, 4.69) is 10.3 Å². The van der Waals surface area contributed by atoms with E-state index < -0.39 is 35.2 Å². The summed E-state index contributed by atoms with van der Waals surface area (Å²) in [5.41, 5.74) is 4.33. The van der Waals surface area contributed by atoms with Gasteiger partial charge in [-0.2, -0.15) is 13.2 Å². The molecule has 0 unspecified atom stereocenters. The number of benzene rings is 1. The second-order valence-electron chi connectivity index (χ2n) is 5.03. The Balaban J connectivity index is 2.02. The van der Waals surface area contributed by atoms with Crippen LogP contribution in [0.4, 0.5) is 24.7 Å². The van der Waals surface area contributed by atoms with Crippen LogP contribution >= 0.6 is 34.8 Å². The molecule has 1 amide bonds. The minimum absolute atomic E-state index is 0.0274. The van der Waals surface area contributed by atoms with E-state index in [1.54, 1.807) is 0 Å². The molecule has 1 aromatic carbocycles. The van der Waals surface area contributed by atoms with Crippen LogP contribution in [0.3, 0.4) is 0 Å². The first-order chi connectivity index (χ1) is 12.5. The molecule has 1 aromatic heterocycles. The second kappa shape index (κ2) is 8.20. The van der Waals surface area contributed by atoms with Gasteiger partial charge in [0.25, 0.3) is 5.91 Å². The number of carbonyl (C=O) groups is 2. The number of rotatable bonds is 4. The number of alkyl halides is 3. The van der Waals surface area contributed by atoms with Gasteiger partial charge >= 0.3 is 12.1 Å². The highest BCUT2D eigenvalue weighted by Crippen LogP contribution is 2.32. The molecule has 0 bridgehead atoms. The van der Waals surface area contributed by atoms with Crippen LogP contribution in [0.5, 0.6) is 0 Å². The number of nitrogens with zero attached hydrogens (tertiary/aromatic N) is 1. The fourth-order valence-electron chi connectivity index (χ4n) is 1.82. The lowest BCUT2D eigenvalue weighted by atomic mass is 10.2. The molecule has 0 spiro atoms. The fourth-order valence-corrected chi connectivity index (χ4v) is 2.52. The van der Waals surface area contributed by atoms with Crippen molar-refractivity contribution in [1.29, 1.82) is 0 Å². The Labute approximate surface area is 165 Å². The summed E-state index contributed by atoms with van der Waals surface area (Å²) in [5.74, 6) is -2.18. The van der Waals surface area contributed by atoms with Crippen molar-refractivity contribution in [2.45, 2.75) is 6.18 Å². The van der Waals surface area contributed by atoms with E-state index in [1.807, 2.05) is 0 Å². The number of amides is 1. The third-order valence-corrected chi connectivity index (χ3v) is 3.89. The van der Waals surface area contributed by atoms with E-state index in [-0.39, 0.29) is 27.1 Å². The maximum absolute atomic E-state index is 12.5. The zero-order valence-electron chi connectivity index (χ0n) is 13.0. The number of nitrogens with one attached hydrogen (secondary N) is 1. The molecule has 0 aliphatic heterocycles. The Kier molecular flexibility index (Phi) is 6.40. The van der Waals surface area contributed by atoms with Crippen molar-refractivity contribution in [2.24, 2.45) is 0 Å². The van der Waals surface area contributed by atoms with E-state index in [4.69, 9.17) is 45.3 Å². The van der Waals surface area contributed by atoms with Gasteiger partial charge in [0.05, 0.1) is 26.9 Å². The van der Waals surface area contributed by atoms with Gasteiger partial charge in [0.1, 0.15) is 0 Å². The molecule has 27 heavy (non-hydrogen) atoms. The molecule has 2 rings (SSSR count). The van der Waals surface area contributed by atoms with E-state index in [0.29, 0.717) is 12.3 Å². The summed E-state index contributed by atoms with van der Waals surface area (Å²) in [7, 11) is 0. The van der Waals surface area contributed by atoms with E-state index in [1.165, 1.54) is 12.1 Å². The molecule has 0 saturated carbocycles. The van der Waals surface area contributed by atoms with Crippen molar-refractivity contribution in [3.8, 4) is 0 Å². The predicted octanol–water partition coefficient (Wildman–Crippen LogP) is 4.44. The van der Waals surface area contributed by atoms with Crippen LogP contribution in [-0.4, -0.2) is 23.5 Å². The van der Waals surface area contributed by atoms with Gasteiger partial charge in [-0.3, -0.25) is 4.79 Å². The zero-order chi connectivity index (χ0) is 20.4. The molecule has 12 heteroatoms. The van der Waals surface area contributed by atoms with E-state index in [9.17, 15) is 22.8 Å². The standard InChI is InChI=1S/C15H9Cl3F3N3O3/c16-7-2-8(12(22)9(17)3-7)14(26)27-5-11(25)24-13-10(18)1-6(4-23-13)15(19,20)21/h1-4H,5,22H2,(H,23,24,25). The van der Waals surface area contributed by atoms with Gasteiger partial charge < -0.3 is 15.8 Å². The number of halogens is 6. The van der Waals surface area contributed by atoms with E-state index >= 15 is 0 Å². The number of carbonyl (C=O) groups excluding carboxylic acids is 2. The van der Waals surface area contributed by atoms with Crippen molar-refractivity contribution in [3.63, 3.8) is 0 Å². The first-order valence-electron chi connectivity index (χ1n) is 6.93. The number of nitrogens with two attached hydrogens (primary N) is 1. The molecule has 0 atom stereocenters. The lowest BCUT2D eigenvalue weighted by Crippen LogP contribution is -2.22. The summed E-state index contributed by atoms with van der Waals surface area (Å²) in [4.78, 5) is 27.2. The molecule has 1 heterocycles. The lowest BCUT2D eigenvalue weighted by Gasteiger charge is -2.11. The summed E-state index contributed by atoms with van der Waals surface area (Å²) >= 11 is 17.2. The minimum Gasteiger partial charge on any atom is -0.452 e. The molecule has 3 N–H and O–H groups in total. The number of anilines is 2. The molecule has 0 aliphatic carbocycles. The largest absolute Gasteiger partial charge is 0.452 e. The van der Waals surface area contributed by atoms with Crippen molar-refractivity contribution < 1.29 is 27.5 Å². The highest BCUT2D eigenvalue weighted by atomic mass is 35.5. The van der Waals surface area contributed by atoms with Crippen molar-refractivity contribution in [3.05, 3.63) is 50.6 Å². The van der Waals surface area contributed by atoms with Crippen LogP contribution in [0.1, 0.15) is 15.9 Å². The highest BCUT2D eigenvalue weighted by Gasteiger charge is 2.31. The van der Waals surface area contributed by atoms with Gasteiger partial charge in [-0.25, -0.2) is 9.78 Å². The topological polar surface area (TPSA) is 94.3 Å². The molecule has 0 aliphatic rings. The Morgan fingerprint density at radius 3 is 2.41 bits per heavy atom. The Hall–Kier alpha value is -2.23. The van der Waals surface area contributed by atoms with Gasteiger partial charge in [0, 0.05) is 11.2 Å². The van der Waals surface area contributed by atoms with Crippen molar-refractivity contribution in [2.75, 3.05) is 17.7 Å². The zero-order valence-corrected chi connectivity index (χ0v) is 15.3. The molecule has 0 radical (unpaired) electrons. The number of hydrogen-bond acceptors (Lipinski definition) is 5. The molecule has 144 valence electrons. The first-order valence-corrected chi connectivity index (χ1v) is 8.06. The number of hydrogen-bond donors (Lipinski definition) is 2. The number of nitrogen functional groups attached to an aromatic ring is 1. The van der Waals surface area contributed by atoms with Crippen molar-refractivity contribution >= 4 is 58.2 Å². The quantitative estimate of drug-likeness (QED) is 0.539. The lowest BCUT2D eigenvalue weighted by molar-refractivity contribution is -0.137. The van der Waals surface area contributed by atoms with Gasteiger partial charge in [-0.1, -0.05) is 34.8 Å². The van der Waals surface area contributed by atoms with Crippen LogP contribution in [0, 0.1) is 0 Å². The summed E-state index contributed by atoms with van der Waals surface area (Å²) in [6, 6.07) is 3.13. The van der Waals surface area contributed by atoms with Gasteiger partial charge in [-0.05, 0) is 18.2 Å². The third-order valence-electron chi connectivity index (χ3n) is 3.07. The normalized spacial score (nSPS) is 11.2. The smallest absolute Gasteiger partial charge is 0.417 e. The predicted molar refractivity (Wildman–Crippen MR) is 94.0 cm³/mol.